The Hall–Kier alpha value is -0.910. The minimum Gasteiger partial charge on any atom is -0.481 e. The first-order valence-electron chi connectivity index (χ1n) is 6.96. The molecular formula is C14H25NO4S. The SMILES string of the molecule is CSCC(CC1CCCN1C(=O)OC(C)(C)C)C(=O)O. The van der Waals surface area contributed by atoms with Crippen LogP contribution in [0.25, 0.3) is 0 Å². The molecule has 1 heterocycles. The van der Waals surface area contributed by atoms with Crippen LogP contribution < -0.4 is 0 Å². The minimum atomic E-state index is -0.782. The molecule has 0 aromatic rings. The average molecular weight is 303 g/mol. The molecule has 0 saturated carbocycles. The third-order valence-electron chi connectivity index (χ3n) is 3.28. The Balaban J connectivity index is 2.64. The lowest BCUT2D eigenvalue weighted by Gasteiger charge is -2.29. The summed E-state index contributed by atoms with van der Waals surface area (Å²) in [6, 6.07) is -0.0156. The maximum absolute atomic E-state index is 12.1. The van der Waals surface area contributed by atoms with E-state index in [1.165, 1.54) is 11.8 Å². The largest absolute Gasteiger partial charge is 0.481 e. The Morgan fingerprint density at radius 2 is 2.10 bits per heavy atom. The van der Waals surface area contributed by atoms with Crippen LogP contribution in [0.2, 0.25) is 0 Å². The molecule has 0 aliphatic carbocycles. The Morgan fingerprint density at radius 3 is 2.60 bits per heavy atom. The molecule has 0 aromatic heterocycles. The first-order chi connectivity index (χ1) is 9.24. The van der Waals surface area contributed by atoms with Gasteiger partial charge in [-0.1, -0.05) is 0 Å². The number of carbonyl (C=O) groups excluding carboxylic acids is 1. The predicted molar refractivity (Wildman–Crippen MR) is 80.1 cm³/mol. The standard InChI is InChI=1S/C14H25NO4S/c1-14(2,3)19-13(18)15-7-5-6-11(15)8-10(9-20-4)12(16)17/h10-11H,5-9H2,1-4H3,(H,16,17). The van der Waals surface area contributed by atoms with Gasteiger partial charge in [0.2, 0.25) is 0 Å². The molecule has 1 N–H and O–H groups in total. The Morgan fingerprint density at radius 1 is 1.45 bits per heavy atom. The highest BCUT2D eigenvalue weighted by Gasteiger charge is 2.34. The van der Waals surface area contributed by atoms with Crippen LogP contribution in [0.3, 0.4) is 0 Å². The number of carboxylic acids is 1. The molecule has 0 radical (unpaired) electrons. The molecule has 6 heteroatoms. The van der Waals surface area contributed by atoms with E-state index in [4.69, 9.17) is 4.74 Å². The van der Waals surface area contributed by atoms with Crippen molar-refractivity contribution in [1.82, 2.24) is 4.90 Å². The molecule has 116 valence electrons. The number of nitrogens with zero attached hydrogens (tertiary/aromatic N) is 1. The van der Waals surface area contributed by atoms with Crippen LogP contribution in [0, 0.1) is 5.92 Å². The quantitative estimate of drug-likeness (QED) is 0.846. The zero-order chi connectivity index (χ0) is 15.3. The second kappa shape index (κ2) is 7.20. The molecule has 5 nitrogen and oxygen atoms in total. The molecule has 1 aliphatic rings. The molecule has 0 spiro atoms. The monoisotopic (exact) mass is 303 g/mol. The summed E-state index contributed by atoms with van der Waals surface area (Å²) in [6.45, 7) is 6.17. The molecule has 1 saturated heterocycles. The van der Waals surface area contributed by atoms with Crippen molar-refractivity contribution in [3.63, 3.8) is 0 Å². The molecule has 1 amide bonds. The second-order valence-corrected chi connectivity index (χ2v) is 7.11. The molecular weight excluding hydrogens is 278 g/mol. The van der Waals surface area contributed by atoms with Gasteiger partial charge < -0.3 is 14.7 Å². The van der Waals surface area contributed by atoms with E-state index in [0.717, 1.165) is 12.8 Å². The lowest BCUT2D eigenvalue weighted by molar-refractivity contribution is -0.141. The van der Waals surface area contributed by atoms with Gasteiger partial charge >= 0.3 is 12.1 Å². The molecule has 2 atom stereocenters. The van der Waals surface area contributed by atoms with E-state index in [9.17, 15) is 14.7 Å². The number of likely N-dealkylation sites (tertiary alicyclic amines) is 1. The van der Waals surface area contributed by atoms with Crippen molar-refractivity contribution < 1.29 is 19.4 Å². The molecule has 20 heavy (non-hydrogen) atoms. The van der Waals surface area contributed by atoms with Crippen LogP contribution >= 0.6 is 11.8 Å². The van der Waals surface area contributed by atoms with Gasteiger partial charge in [0.1, 0.15) is 5.60 Å². The molecule has 2 unspecified atom stereocenters. The summed E-state index contributed by atoms with van der Waals surface area (Å²) in [5.74, 6) is -0.609. The Bertz CT molecular complexity index is 354. The number of amides is 1. The van der Waals surface area contributed by atoms with Gasteiger partial charge in [-0.15, -0.1) is 0 Å². The summed E-state index contributed by atoms with van der Waals surface area (Å²) in [5, 5.41) is 9.23. The third-order valence-corrected chi connectivity index (χ3v) is 4.01. The smallest absolute Gasteiger partial charge is 0.410 e. The van der Waals surface area contributed by atoms with Crippen molar-refractivity contribution in [3.05, 3.63) is 0 Å². The van der Waals surface area contributed by atoms with E-state index in [1.807, 2.05) is 27.0 Å². The summed E-state index contributed by atoms with van der Waals surface area (Å²) in [7, 11) is 0. The summed E-state index contributed by atoms with van der Waals surface area (Å²) in [5.41, 5.74) is -0.518. The van der Waals surface area contributed by atoms with E-state index in [2.05, 4.69) is 0 Å². The highest BCUT2D eigenvalue weighted by Crippen LogP contribution is 2.27. The predicted octanol–water partition coefficient (Wildman–Crippen LogP) is 2.84. The number of hydrogen-bond acceptors (Lipinski definition) is 4. The maximum Gasteiger partial charge on any atom is 0.410 e. The fourth-order valence-corrected chi connectivity index (χ4v) is 3.09. The third kappa shape index (κ3) is 5.23. The van der Waals surface area contributed by atoms with Gasteiger partial charge in [0, 0.05) is 18.3 Å². The Labute approximate surface area is 125 Å². The fraction of sp³-hybridized carbons (Fsp3) is 0.857. The van der Waals surface area contributed by atoms with E-state index in [1.54, 1.807) is 4.90 Å². The van der Waals surface area contributed by atoms with Gasteiger partial charge in [-0.3, -0.25) is 4.79 Å². The van der Waals surface area contributed by atoms with Gasteiger partial charge in [-0.25, -0.2) is 4.79 Å². The van der Waals surface area contributed by atoms with Crippen LogP contribution in [0.4, 0.5) is 4.79 Å². The molecule has 0 bridgehead atoms. The van der Waals surface area contributed by atoms with Gasteiger partial charge in [-0.2, -0.15) is 11.8 Å². The number of carboxylic acid groups (broad SMARTS) is 1. The average Bonchev–Trinajstić information content (AvgIpc) is 2.74. The number of thioether (sulfide) groups is 1. The molecule has 1 aliphatic heterocycles. The van der Waals surface area contributed by atoms with E-state index in [0.29, 0.717) is 18.7 Å². The van der Waals surface area contributed by atoms with Crippen LogP contribution in [0.15, 0.2) is 0 Å². The summed E-state index contributed by atoms with van der Waals surface area (Å²) in [4.78, 5) is 25.1. The highest BCUT2D eigenvalue weighted by molar-refractivity contribution is 7.98. The minimum absolute atomic E-state index is 0.0156. The van der Waals surface area contributed by atoms with Gasteiger partial charge in [0.25, 0.3) is 0 Å². The van der Waals surface area contributed by atoms with Crippen LogP contribution in [-0.2, 0) is 9.53 Å². The number of carbonyl (C=O) groups is 2. The number of rotatable bonds is 5. The van der Waals surface area contributed by atoms with Crippen molar-refractivity contribution >= 4 is 23.8 Å². The summed E-state index contributed by atoms with van der Waals surface area (Å²) < 4.78 is 5.39. The first-order valence-corrected chi connectivity index (χ1v) is 8.35. The number of aliphatic carboxylic acids is 1. The van der Waals surface area contributed by atoms with Gasteiger partial charge in [0.15, 0.2) is 0 Å². The van der Waals surface area contributed by atoms with Gasteiger partial charge in [0.05, 0.1) is 5.92 Å². The van der Waals surface area contributed by atoms with Crippen LogP contribution in [-0.4, -0.2) is 52.3 Å². The van der Waals surface area contributed by atoms with E-state index < -0.39 is 17.5 Å². The van der Waals surface area contributed by atoms with E-state index >= 15 is 0 Å². The van der Waals surface area contributed by atoms with Crippen molar-refractivity contribution in [3.8, 4) is 0 Å². The Kier molecular flexibility index (Phi) is 6.17. The van der Waals surface area contributed by atoms with Crippen molar-refractivity contribution in [2.45, 2.75) is 51.7 Å². The van der Waals surface area contributed by atoms with Crippen molar-refractivity contribution in [2.75, 3.05) is 18.6 Å². The lowest BCUT2D eigenvalue weighted by atomic mass is 10.00. The summed E-state index contributed by atoms with van der Waals surface area (Å²) >= 11 is 1.53. The highest BCUT2D eigenvalue weighted by atomic mass is 32.2. The zero-order valence-corrected chi connectivity index (χ0v) is 13.5. The van der Waals surface area contributed by atoms with Crippen molar-refractivity contribution in [1.29, 1.82) is 0 Å². The van der Waals surface area contributed by atoms with E-state index in [-0.39, 0.29) is 12.1 Å². The topological polar surface area (TPSA) is 66.8 Å². The number of hydrogen-bond donors (Lipinski definition) is 1. The normalized spacial score (nSPS) is 20.8. The molecule has 1 fully saturated rings. The molecule has 1 rings (SSSR count). The fourth-order valence-electron chi connectivity index (χ4n) is 2.41. The zero-order valence-electron chi connectivity index (χ0n) is 12.7. The van der Waals surface area contributed by atoms with Crippen LogP contribution in [0.1, 0.15) is 40.0 Å². The van der Waals surface area contributed by atoms with Gasteiger partial charge in [-0.05, 0) is 46.3 Å². The first kappa shape index (κ1) is 17.1. The van der Waals surface area contributed by atoms with Crippen molar-refractivity contribution in [2.24, 2.45) is 5.92 Å². The number of ether oxygens (including phenoxy) is 1. The molecule has 0 aromatic carbocycles. The summed E-state index contributed by atoms with van der Waals surface area (Å²) in [6.07, 6.45) is 3.85. The van der Waals surface area contributed by atoms with Crippen LogP contribution in [0.5, 0.6) is 0 Å². The maximum atomic E-state index is 12.1. The second-order valence-electron chi connectivity index (χ2n) is 6.20. The lowest BCUT2D eigenvalue weighted by Crippen LogP contribution is -2.41.